The fraction of sp³-hybridized carbons (Fsp3) is 0.308. The molecule has 0 aliphatic carbocycles. The predicted octanol–water partition coefficient (Wildman–Crippen LogP) is 3.51. The van der Waals surface area contributed by atoms with Crippen LogP contribution in [-0.4, -0.2) is 21.7 Å². The molecule has 0 saturated heterocycles. The smallest absolute Gasteiger partial charge is 0.175 e. The highest BCUT2D eigenvalue weighted by atomic mass is 35.5. The van der Waals surface area contributed by atoms with Gasteiger partial charge in [-0.25, -0.2) is 0 Å². The zero-order chi connectivity index (χ0) is 13.8. The molecule has 0 aliphatic rings. The van der Waals surface area contributed by atoms with E-state index in [1.54, 1.807) is 6.07 Å². The molecule has 2 heterocycles. The minimum Gasteiger partial charge on any atom is -0.363 e. The summed E-state index contributed by atoms with van der Waals surface area (Å²) in [6.07, 6.45) is 0. The molecule has 0 unspecified atom stereocenters. The molecule has 0 N–H and O–H groups in total. The average Bonchev–Trinajstić information content (AvgIpc) is 2.39. The van der Waals surface area contributed by atoms with E-state index in [4.69, 9.17) is 23.2 Å². The Morgan fingerprint density at radius 2 is 2.00 bits per heavy atom. The first-order valence-corrected chi connectivity index (χ1v) is 6.72. The molecule has 6 heteroatoms. The molecule has 0 aliphatic heterocycles. The second kappa shape index (κ2) is 6.17. The van der Waals surface area contributed by atoms with Gasteiger partial charge in [-0.1, -0.05) is 29.3 Å². The highest BCUT2D eigenvalue weighted by molar-refractivity contribution is 6.33. The molecule has 19 heavy (non-hydrogen) atoms. The molecule has 0 bridgehead atoms. The molecule has 2 rings (SSSR count). The summed E-state index contributed by atoms with van der Waals surface area (Å²) in [5, 5.41) is 8.22. The fourth-order valence-electron chi connectivity index (χ4n) is 1.82. The van der Waals surface area contributed by atoms with Gasteiger partial charge in [0.2, 0.25) is 0 Å². The predicted molar refractivity (Wildman–Crippen MR) is 77.8 cm³/mol. The van der Waals surface area contributed by atoms with Crippen LogP contribution in [0.15, 0.2) is 24.3 Å². The Bertz CT molecular complexity index is 574. The number of anilines is 1. The van der Waals surface area contributed by atoms with Crippen molar-refractivity contribution in [1.29, 1.82) is 0 Å². The Balaban J connectivity index is 2.27. The maximum Gasteiger partial charge on any atom is 0.175 e. The van der Waals surface area contributed by atoms with Crippen LogP contribution in [0.5, 0.6) is 0 Å². The van der Waals surface area contributed by atoms with E-state index in [1.807, 2.05) is 32.0 Å². The van der Waals surface area contributed by atoms with Crippen LogP contribution in [0.4, 0.5) is 5.69 Å². The molecule has 0 fully saturated rings. The van der Waals surface area contributed by atoms with Crippen molar-refractivity contribution in [3.63, 3.8) is 0 Å². The second-order valence-electron chi connectivity index (χ2n) is 4.13. The summed E-state index contributed by atoms with van der Waals surface area (Å²) in [5.74, 6) is 0. The van der Waals surface area contributed by atoms with E-state index in [1.165, 1.54) is 0 Å². The van der Waals surface area contributed by atoms with Gasteiger partial charge >= 0.3 is 0 Å². The lowest BCUT2D eigenvalue weighted by Crippen LogP contribution is -2.23. The highest BCUT2D eigenvalue weighted by Crippen LogP contribution is 2.26. The van der Waals surface area contributed by atoms with Gasteiger partial charge in [0.25, 0.3) is 0 Å². The van der Waals surface area contributed by atoms with Crippen LogP contribution in [0.2, 0.25) is 10.3 Å². The number of aryl methyl sites for hydroxylation is 1. The van der Waals surface area contributed by atoms with Gasteiger partial charge in [0, 0.05) is 18.3 Å². The van der Waals surface area contributed by atoms with Gasteiger partial charge in [-0.3, -0.25) is 4.98 Å². The van der Waals surface area contributed by atoms with Gasteiger partial charge in [-0.05, 0) is 26.0 Å². The Morgan fingerprint density at radius 1 is 1.21 bits per heavy atom. The van der Waals surface area contributed by atoms with Crippen molar-refractivity contribution in [2.45, 2.75) is 20.4 Å². The lowest BCUT2D eigenvalue weighted by molar-refractivity contribution is 0.799. The summed E-state index contributed by atoms with van der Waals surface area (Å²) in [4.78, 5) is 6.54. The zero-order valence-corrected chi connectivity index (χ0v) is 12.3. The summed E-state index contributed by atoms with van der Waals surface area (Å²) in [5.41, 5.74) is 2.74. The molecule has 100 valence electrons. The third-order valence-electron chi connectivity index (χ3n) is 2.72. The van der Waals surface area contributed by atoms with Crippen LogP contribution < -0.4 is 4.90 Å². The number of aromatic nitrogens is 3. The number of nitrogens with zero attached hydrogens (tertiary/aromatic N) is 4. The van der Waals surface area contributed by atoms with Gasteiger partial charge < -0.3 is 4.90 Å². The third-order valence-corrected chi connectivity index (χ3v) is 3.18. The summed E-state index contributed by atoms with van der Waals surface area (Å²) in [6.45, 7) is 5.44. The Morgan fingerprint density at radius 3 is 2.68 bits per heavy atom. The van der Waals surface area contributed by atoms with Crippen LogP contribution in [0, 0.1) is 6.92 Å². The summed E-state index contributed by atoms with van der Waals surface area (Å²) in [6, 6.07) is 7.67. The van der Waals surface area contributed by atoms with Crippen LogP contribution >= 0.6 is 23.2 Å². The molecular formula is C13H14Cl2N4. The fourth-order valence-corrected chi connectivity index (χ4v) is 2.17. The van der Waals surface area contributed by atoms with E-state index in [-0.39, 0.29) is 0 Å². The summed E-state index contributed by atoms with van der Waals surface area (Å²) < 4.78 is 0. The van der Waals surface area contributed by atoms with Gasteiger partial charge in [-0.2, -0.15) is 0 Å². The van der Waals surface area contributed by atoms with Gasteiger partial charge in [0.15, 0.2) is 10.3 Å². The first-order valence-electron chi connectivity index (χ1n) is 5.96. The number of pyridine rings is 1. The molecular weight excluding hydrogens is 283 g/mol. The first kappa shape index (κ1) is 14.0. The molecule has 0 radical (unpaired) electrons. The van der Waals surface area contributed by atoms with E-state index >= 15 is 0 Å². The standard InChI is InChI=1S/C13H14Cl2N4/c1-3-19(8-10-6-4-5-9(2)16-10)11-7-12(14)17-18-13(11)15/h4-7H,3,8H2,1-2H3. The van der Waals surface area contributed by atoms with E-state index in [0.29, 0.717) is 16.9 Å². The number of hydrogen-bond acceptors (Lipinski definition) is 4. The molecule has 2 aromatic heterocycles. The maximum absolute atomic E-state index is 6.07. The maximum atomic E-state index is 6.07. The van der Waals surface area contributed by atoms with E-state index in [9.17, 15) is 0 Å². The molecule has 4 nitrogen and oxygen atoms in total. The van der Waals surface area contributed by atoms with Crippen molar-refractivity contribution in [2.24, 2.45) is 0 Å². The van der Waals surface area contributed by atoms with Crippen molar-refractivity contribution in [3.05, 3.63) is 46.0 Å². The number of hydrogen-bond donors (Lipinski definition) is 0. The zero-order valence-electron chi connectivity index (χ0n) is 10.8. The van der Waals surface area contributed by atoms with Crippen molar-refractivity contribution >= 4 is 28.9 Å². The van der Waals surface area contributed by atoms with Crippen LogP contribution in [0.3, 0.4) is 0 Å². The van der Waals surface area contributed by atoms with Crippen LogP contribution in [-0.2, 0) is 6.54 Å². The van der Waals surface area contributed by atoms with E-state index < -0.39 is 0 Å². The van der Waals surface area contributed by atoms with Crippen LogP contribution in [0.1, 0.15) is 18.3 Å². The number of halogens is 2. The Kier molecular flexibility index (Phi) is 4.56. The Hall–Kier alpha value is -1.39. The van der Waals surface area contributed by atoms with Gasteiger partial charge in [0.1, 0.15) is 0 Å². The van der Waals surface area contributed by atoms with Crippen molar-refractivity contribution in [3.8, 4) is 0 Å². The van der Waals surface area contributed by atoms with Crippen LogP contribution in [0.25, 0.3) is 0 Å². The highest BCUT2D eigenvalue weighted by Gasteiger charge is 2.12. The SMILES string of the molecule is CCN(Cc1cccc(C)n1)c1cc(Cl)nnc1Cl. The summed E-state index contributed by atoms with van der Waals surface area (Å²) in [7, 11) is 0. The normalized spacial score (nSPS) is 10.5. The van der Waals surface area contributed by atoms with E-state index in [2.05, 4.69) is 20.1 Å². The molecule has 0 aromatic carbocycles. The average molecular weight is 297 g/mol. The minimum absolute atomic E-state index is 0.329. The monoisotopic (exact) mass is 296 g/mol. The van der Waals surface area contributed by atoms with E-state index in [0.717, 1.165) is 23.6 Å². The largest absolute Gasteiger partial charge is 0.363 e. The van der Waals surface area contributed by atoms with Gasteiger partial charge in [-0.15, -0.1) is 10.2 Å². The summed E-state index contributed by atoms with van der Waals surface area (Å²) >= 11 is 11.9. The quantitative estimate of drug-likeness (QED) is 0.866. The minimum atomic E-state index is 0.329. The Labute approximate surface area is 122 Å². The van der Waals surface area contributed by atoms with Crippen molar-refractivity contribution in [2.75, 3.05) is 11.4 Å². The lowest BCUT2D eigenvalue weighted by Gasteiger charge is -2.23. The van der Waals surface area contributed by atoms with Crippen molar-refractivity contribution in [1.82, 2.24) is 15.2 Å². The second-order valence-corrected chi connectivity index (χ2v) is 4.87. The molecule has 2 aromatic rings. The van der Waals surface area contributed by atoms with Crippen molar-refractivity contribution < 1.29 is 0 Å². The molecule has 0 saturated carbocycles. The first-order chi connectivity index (χ1) is 9.10. The number of rotatable bonds is 4. The molecule has 0 amide bonds. The van der Waals surface area contributed by atoms with Gasteiger partial charge in [0.05, 0.1) is 17.9 Å². The lowest BCUT2D eigenvalue weighted by atomic mass is 10.3. The molecule has 0 spiro atoms. The topological polar surface area (TPSA) is 41.9 Å². The molecule has 0 atom stereocenters. The third kappa shape index (κ3) is 3.55.